The van der Waals surface area contributed by atoms with Gasteiger partial charge in [0.05, 0.1) is 5.92 Å². The Morgan fingerprint density at radius 3 is 2.54 bits per heavy atom. The molecule has 2 rings (SSSR count). The number of carboxylic acids is 1. The lowest BCUT2D eigenvalue weighted by atomic mass is 9.95. The van der Waals surface area contributed by atoms with Gasteiger partial charge >= 0.3 is 5.97 Å². The lowest BCUT2D eigenvalue weighted by Gasteiger charge is -2.10. The predicted molar refractivity (Wildman–Crippen MR) is 47.3 cm³/mol. The number of hydrogen-bond acceptors (Lipinski definition) is 2. The molecule has 1 heterocycles. The van der Waals surface area contributed by atoms with E-state index < -0.39 is 5.97 Å². The maximum atomic E-state index is 11.0. The van der Waals surface area contributed by atoms with E-state index in [2.05, 4.69) is 4.98 Å². The topological polar surface area (TPSA) is 50.2 Å². The summed E-state index contributed by atoms with van der Waals surface area (Å²) < 4.78 is 0. The number of pyridine rings is 1. The number of rotatable bonds is 3. The lowest BCUT2D eigenvalue weighted by Crippen LogP contribution is -2.13. The van der Waals surface area contributed by atoms with Gasteiger partial charge in [-0.2, -0.15) is 0 Å². The van der Waals surface area contributed by atoms with E-state index in [-0.39, 0.29) is 5.92 Å². The van der Waals surface area contributed by atoms with Crippen LogP contribution in [0.5, 0.6) is 0 Å². The minimum absolute atomic E-state index is 0.317. The van der Waals surface area contributed by atoms with Crippen LogP contribution in [0.25, 0.3) is 0 Å². The van der Waals surface area contributed by atoms with Crippen LogP contribution in [0.2, 0.25) is 0 Å². The Morgan fingerprint density at radius 1 is 1.46 bits per heavy atom. The Morgan fingerprint density at radius 2 is 2.08 bits per heavy atom. The highest BCUT2D eigenvalue weighted by Crippen LogP contribution is 2.42. The van der Waals surface area contributed by atoms with Crippen LogP contribution in [0.1, 0.15) is 24.3 Å². The monoisotopic (exact) mass is 177 g/mol. The summed E-state index contributed by atoms with van der Waals surface area (Å²) in [5.41, 5.74) is 0.880. The molecule has 0 saturated heterocycles. The standard InChI is InChI=1S/C10H11NO2/c12-10(13)9(7-1-2-7)8-3-5-11-6-4-8/h3-7,9H,1-2H2,(H,12,13). The first-order valence-corrected chi connectivity index (χ1v) is 4.42. The highest BCUT2D eigenvalue weighted by atomic mass is 16.4. The van der Waals surface area contributed by atoms with Crippen LogP contribution in [0.4, 0.5) is 0 Å². The maximum absolute atomic E-state index is 11.0. The number of nitrogens with zero attached hydrogens (tertiary/aromatic N) is 1. The van der Waals surface area contributed by atoms with Crippen molar-refractivity contribution in [1.29, 1.82) is 0 Å². The van der Waals surface area contributed by atoms with Gasteiger partial charge < -0.3 is 5.11 Å². The lowest BCUT2D eigenvalue weighted by molar-refractivity contribution is -0.139. The van der Waals surface area contributed by atoms with Crippen molar-refractivity contribution >= 4 is 5.97 Å². The molecule has 1 aromatic rings. The normalized spacial score (nSPS) is 18.2. The van der Waals surface area contributed by atoms with Crippen molar-refractivity contribution in [3.8, 4) is 0 Å². The number of carbonyl (C=O) groups is 1. The van der Waals surface area contributed by atoms with Crippen LogP contribution >= 0.6 is 0 Å². The maximum Gasteiger partial charge on any atom is 0.311 e. The van der Waals surface area contributed by atoms with E-state index in [4.69, 9.17) is 5.11 Å². The number of aliphatic carboxylic acids is 1. The van der Waals surface area contributed by atoms with Crippen LogP contribution in [-0.4, -0.2) is 16.1 Å². The van der Waals surface area contributed by atoms with E-state index >= 15 is 0 Å². The van der Waals surface area contributed by atoms with E-state index in [9.17, 15) is 4.79 Å². The molecule has 1 saturated carbocycles. The summed E-state index contributed by atoms with van der Waals surface area (Å²) in [5.74, 6) is -0.684. The Kier molecular flexibility index (Phi) is 2.00. The van der Waals surface area contributed by atoms with Crippen molar-refractivity contribution in [3.05, 3.63) is 30.1 Å². The van der Waals surface area contributed by atoms with Crippen LogP contribution < -0.4 is 0 Å². The van der Waals surface area contributed by atoms with Gasteiger partial charge in [-0.25, -0.2) is 0 Å². The fraction of sp³-hybridized carbons (Fsp3) is 0.400. The zero-order chi connectivity index (χ0) is 9.26. The fourth-order valence-electron chi connectivity index (χ4n) is 1.62. The van der Waals surface area contributed by atoms with Gasteiger partial charge in [0, 0.05) is 12.4 Å². The number of hydrogen-bond donors (Lipinski definition) is 1. The third-order valence-electron chi connectivity index (χ3n) is 2.42. The third kappa shape index (κ3) is 1.69. The molecule has 0 radical (unpaired) electrons. The summed E-state index contributed by atoms with van der Waals surface area (Å²) in [5, 5.41) is 9.02. The summed E-state index contributed by atoms with van der Waals surface area (Å²) in [7, 11) is 0. The van der Waals surface area contributed by atoms with Crippen molar-refractivity contribution in [3.63, 3.8) is 0 Å². The van der Waals surface area contributed by atoms with Crippen LogP contribution in [-0.2, 0) is 4.79 Å². The van der Waals surface area contributed by atoms with E-state index in [1.54, 1.807) is 24.5 Å². The SMILES string of the molecule is O=C(O)C(c1ccncc1)C1CC1. The molecule has 0 aliphatic heterocycles. The second-order valence-electron chi connectivity index (χ2n) is 3.43. The zero-order valence-corrected chi connectivity index (χ0v) is 7.18. The summed E-state index contributed by atoms with van der Waals surface area (Å²) in [6.45, 7) is 0. The van der Waals surface area contributed by atoms with Crippen molar-refractivity contribution in [2.75, 3.05) is 0 Å². The molecular weight excluding hydrogens is 166 g/mol. The second kappa shape index (κ2) is 3.17. The molecule has 1 aliphatic carbocycles. The largest absolute Gasteiger partial charge is 0.481 e. The summed E-state index contributed by atoms with van der Waals surface area (Å²) in [6.07, 6.45) is 5.37. The average molecular weight is 177 g/mol. The molecule has 1 fully saturated rings. The summed E-state index contributed by atoms with van der Waals surface area (Å²) in [6, 6.07) is 3.58. The van der Waals surface area contributed by atoms with Gasteiger partial charge in [-0.1, -0.05) is 0 Å². The van der Waals surface area contributed by atoms with Crippen LogP contribution in [0, 0.1) is 5.92 Å². The van der Waals surface area contributed by atoms with Gasteiger partial charge in [0.2, 0.25) is 0 Å². The number of carboxylic acid groups (broad SMARTS) is 1. The van der Waals surface area contributed by atoms with Crippen molar-refractivity contribution in [1.82, 2.24) is 4.98 Å². The van der Waals surface area contributed by atoms with Crippen LogP contribution in [0.3, 0.4) is 0 Å². The van der Waals surface area contributed by atoms with Gasteiger partial charge in [-0.15, -0.1) is 0 Å². The van der Waals surface area contributed by atoms with Gasteiger partial charge in [0.1, 0.15) is 0 Å². The molecule has 3 nitrogen and oxygen atoms in total. The van der Waals surface area contributed by atoms with Gasteiger partial charge in [0.15, 0.2) is 0 Å². The van der Waals surface area contributed by atoms with Gasteiger partial charge in [-0.3, -0.25) is 9.78 Å². The highest BCUT2D eigenvalue weighted by Gasteiger charge is 2.37. The van der Waals surface area contributed by atoms with E-state index in [0.29, 0.717) is 5.92 Å². The van der Waals surface area contributed by atoms with E-state index in [0.717, 1.165) is 18.4 Å². The number of aromatic nitrogens is 1. The molecule has 1 unspecified atom stereocenters. The Labute approximate surface area is 76.4 Å². The minimum atomic E-state index is -0.714. The minimum Gasteiger partial charge on any atom is -0.481 e. The van der Waals surface area contributed by atoms with Crippen molar-refractivity contribution in [2.24, 2.45) is 5.92 Å². The quantitative estimate of drug-likeness (QED) is 0.763. The molecule has 0 aromatic carbocycles. The van der Waals surface area contributed by atoms with E-state index in [1.165, 1.54) is 0 Å². The first kappa shape index (κ1) is 8.23. The molecule has 1 aliphatic rings. The Bertz CT molecular complexity index is 306. The molecule has 68 valence electrons. The fourth-order valence-corrected chi connectivity index (χ4v) is 1.62. The Balaban J connectivity index is 2.25. The Hall–Kier alpha value is -1.38. The average Bonchev–Trinajstić information content (AvgIpc) is 2.90. The molecule has 1 N–H and O–H groups in total. The van der Waals surface area contributed by atoms with Crippen molar-refractivity contribution in [2.45, 2.75) is 18.8 Å². The predicted octanol–water partition coefficient (Wildman–Crippen LogP) is 1.66. The van der Waals surface area contributed by atoms with E-state index in [1.807, 2.05) is 0 Å². The first-order valence-electron chi connectivity index (χ1n) is 4.42. The zero-order valence-electron chi connectivity index (χ0n) is 7.18. The summed E-state index contributed by atoms with van der Waals surface area (Å²) in [4.78, 5) is 14.8. The summed E-state index contributed by atoms with van der Waals surface area (Å²) >= 11 is 0. The molecule has 0 bridgehead atoms. The molecule has 0 amide bonds. The first-order chi connectivity index (χ1) is 6.29. The molecule has 3 heteroatoms. The third-order valence-corrected chi connectivity index (χ3v) is 2.42. The second-order valence-corrected chi connectivity index (χ2v) is 3.43. The molecule has 13 heavy (non-hydrogen) atoms. The molecular formula is C10H11NO2. The van der Waals surface area contributed by atoms with Gasteiger partial charge in [-0.05, 0) is 36.5 Å². The smallest absolute Gasteiger partial charge is 0.311 e. The van der Waals surface area contributed by atoms with Gasteiger partial charge in [0.25, 0.3) is 0 Å². The highest BCUT2D eigenvalue weighted by molar-refractivity contribution is 5.76. The molecule has 0 spiro atoms. The van der Waals surface area contributed by atoms with Crippen molar-refractivity contribution < 1.29 is 9.90 Å². The van der Waals surface area contributed by atoms with Crippen LogP contribution in [0.15, 0.2) is 24.5 Å². The molecule has 1 atom stereocenters. The molecule has 1 aromatic heterocycles.